The Bertz CT molecular complexity index is 435. The molecule has 90 valence electrons. The molecule has 1 aromatic rings. The number of nitrogens with zero attached hydrogens (tertiary/aromatic N) is 1. The first-order valence-electron chi connectivity index (χ1n) is 5.35. The van der Waals surface area contributed by atoms with Crippen molar-refractivity contribution in [3.8, 4) is 17.6 Å². The van der Waals surface area contributed by atoms with E-state index in [2.05, 4.69) is 0 Å². The van der Waals surface area contributed by atoms with E-state index < -0.39 is 0 Å². The van der Waals surface area contributed by atoms with Gasteiger partial charge in [-0.15, -0.1) is 0 Å². The molecular formula is C13H15NO3. The molecule has 0 fully saturated rings. The van der Waals surface area contributed by atoms with Crippen molar-refractivity contribution in [2.45, 2.75) is 19.3 Å². The van der Waals surface area contributed by atoms with Gasteiger partial charge in [-0.3, -0.25) is 4.79 Å². The van der Waals surface area contributed by atoms with Crippen molar-refractivity contribution in [1.82, 2.24) is 0 Å². The molecule has 0 aromatic heterocycles. The third kappa shape index (κ3) is 3.80. The second-order valence-electron chi connectivity index (χ2n) is 3.57. The molecular weight excluding hydrogens is 218 g/mol. The van der Waals surface area contributed by atoms with Crippen LogP contribution in [0.25, 0.3) is 0 Å². The van der Waals surface area contributed by atoms with Crippen LogP contribution in [0.1, 0.15) is 18.4 Å². The largest absolute Gasteiger partial charge is 0.497 e. The van der Waals surface area contributed by atoms with Gasteiger partial charge in [0.05, 0.1) is 14.2 Å². The van der Waals surface area contributed by atoms with Crippen LogP contribution < -0.4 is 9.47 Å². The minimum absolute atomic E-state index is 0.283. The molecule has 1 rings (SSSR count). The highest BCUT2D eigenvalue weighted by Gasteiger charge is 2.06. The SMILES string of the molecule is COc1ccc(CCCC(=O)C#N)c(OC)c1. The fourth-order valence-electron chi connectivity index (χ4n) is 1.55. The lowest BCUT2D eigenvalue weighted by atomic mass is 10.1. The van der Waals surface area contributed by atoms with Crippen LogP contribution in [0.5, 0.6) is 11.5 Å². The summed E-state index contributed by atoms with van der Waals surface area (Å²) in [6.45, 7) is 0. The molecule has 4 nitrogen and oxygen atoms in total. The average Bonchev–Trinajstić information content (AvgIpc) is 2.38. The van der Waals surface area contributed by atoms with Crippen molar-refractivity contribution in [2.75, 3.05) is 14.2 Å². The van der Waals surface area contributed by atoms with E-state index in [1.54, 1.807) is 26.4 Å². The molecule has 0 bridgehead atoms. The molecule has 0 atom stereocenters. The van der Waals surface area contributed by atoms with Crippen LogP contribution >= 0.6 is 0 Å². The predicted octanol–water partition coefficient (Wildman–Crippen LogP) is 2.12. The van der Waals surface area contributed by atoms with Crippen molar-refractivity contribution in [1.29, 1.82) is 5.26 Å². The minimum Gasteiger partial charge on any atom is -0.497 e. The third-order valence-electron chi connectivity index (χ3n) is 2.47. The van der Waals surface area contributed by atoms with Crippen molar-refractivity contribution in [2.24, 2.45) is 0 Å². The van der Waals surface area contributed by atoms with Crippen LogP contribution in [0.4, 0.5) is 0 Å². The molecule has 0 aliphatic carbocycles. The number of hydrogen-bond donors (Lipinski definition) is 0. The number of nitriles is 1. The number of hydrogen-bond acceptors (Lipinski definition) is 4. The lowest BCUT2D eigenvalue weighted by Crippen LogP contribution is -1.97. The number of benzene rings is 1. The molecule has 0 spiro atoms. The van der Waals surface area contributed by atoms with Crippen LogP contribution in [0.2, 0.25) is 0 Å². The van der Waals surface area contributed by atoms with E-state index in [0.29, 0.717) is 12.8 Å². The summed E-state index contributed by atoms with van der Waals surface area (Å²) in [5.41, 5.74) is 1.01. The number of carbonyl (C=O) groups is 1. The number of aryl methyl sites for hydroxylation is 1. The van der Waals surface area contributed by atoms with Gasteiger partial charge in [0.25, 0.3) is 0 Å². The molecule has 17 heavy (non-hydrogen) atoms. The van der Waals surface area contributed by atoms with Crippen molar-refractivity contribution < 1.29 is 14.3 Å². The number of rotatable bonds is 6. The van der Waals surface area contributed by atoms with Crippen LogP contribution in [0, 0.1) is 11.3 Å². The molecule has 0 heterocycles. The van der Waals surface area contributed by atoms with Crippen LogP contribution in [0.15, 0.2) is 18.2 Å². The van der Waals surface area contributed by atoms with Gasteiger partial charge in [0, 0.05) is 12.5 Å². The zero-order valence-electron chi connectivity index (χ0n) is 10.0. The highest BCUT2D eigenvalue weighted by atomic mass is 16.5. The quantitative estimate of drug-likeness (QED) is 0.706. The lowest BCUT2D eigenvalue weighted by Gasteiger charge is -2.09. The van der Waals surface area contributed by atoms with Gasteiger partial charge >= 0.3 is 0 Å². The second kappa shape index (κ2) is 6.54. The smallest absolute Gasteiger partial charge is 0.231 e. The molecule has 4 heteroatoms. The topological polar surface area (TPSA) is 59.3 Å². The first-order chi connectivity index (χ1) is 8.21. The standard InChI is InChI=1S/C13H15NO3/c1-16-12-7-6-10(13(8-12)17-2)4-3-5-11(15)9-14/h6-8H,3-5H2,1-2H3. The Hall–Kier alpha value is -2.02. The Balaban J connectivity index is 2.65. The Morgan fingerprint density at radius 3 is 2.71 bits per heavy atom. The van der Waals surface area contributed by atoms with E-state index in [1.165, 1.54) is 0 Å². The molecule has 0 amide bonds. The highest BCUT2D eigenvalue weighted by molar-refractivity contribution is 5.93. The fourth-order valence-corrected chi connectivity index (χ4v) is 1.55. The molecule has 0 radical (unpaired) electrons. The van der Waals surface area contributed by atoms with Gasteiger partial charge in [-0.05, 0) is 24.5 Å². The summed E-state index contributed by atoms with van der Waals surface area (Å²) < 4.78 is 10.3. The van der Waals surface area contributed by atoms with E-state index in [1.807, 2.05) is 12.1 Å². The van der Waals surface area contributed by atoms with Gasteiger partial charge in [-0.1, -0.05) is 6.07 Å². The maximum absolute atomic E-state index is 10.8. The summed E-state index contributed by atoms with van der Waals surface area (Å²) in [5.74, 6) is 1.10. The molecule has 1 aromatic carbocycles. The van der Waals surface area contributed by atoms with E-state index in [4.69, 9.17) is 14.7 Å². The van der Waals surface area contributed by atoms with Crippen molar-refractivity contribution in [3.05, 3.63) is 23.8 Å². The number of Topliss-reactive ketones (excluding diaryl/α,β-unsaturated/α-hetero) is 1. The van der Waals surface area contributed by atoms with Gasteiger partial charge < -0.3 is 9.47 Å². The lowest BCUT2D eigenvalue weighted by molar-refractivity contribution is -0.114. The Labute approximate surface area is 101 Å². The number of carbonyl (C=O) groups excluding carboxylic acids is 1. The summed E-state index contributed by atoms with van der Waals surface area (Å²) in [5, 5.41) is 8.36. The highest BCUT2D eigenvalue weighted by Crippen LogP contribution is 2.25. The van der Waals surface area contributed by atoms with E-state index >= 15 is 0 Å². The summed E-state index contributed by atoms with van der Waals surface area (Å²) in [6, 6.07) is 7.18. The minimum atomic E-state index is -0.377. The maximum Gasteiger partial charge on any atom is 0.231 e. The normalized spacial score (nSPS) is 9.47. The Morgan fingerprint density at radius 1 is 1.35 bits per heavy atom. The number of ketones is 1. The molecule has 0 aliphatic heterocycles. The zero-order valence-corrected chi connectivity index (χ0v) is 10.0. The van der Waals surface area contributed by atoms with Crippen LogP contribution in [-0.4, -0.2) is 20.0 Å². The summed E-state index contributed by atoms with van der Waals surface area (Å²) in [7, 11) is 3.19. The van der Waals surface area contributed by atoms with Crippen LogP contribution in [-0.2, 0) is 11.2 Å². The van der Waals surface area contributed by atoms with Crippen molar-refractivity contribution >= 4 is 5.78 Å². The van der Waals surface area contributed by atoms with Crippen molar-refractivity contribution in [3.63, 3.8) is 0 Å². The van der Waals surface area contributed by atoms with E-state index in [-0.39, 0.29) is 12.2 Å². The van der Waals surface area contributed by atoms with Crippen LogP contribution in [0.3, 0.4) is 0 Å². The first-order valence-corrected chi connectivity index (χ1v) is 5.35. The second-order valence-corrected chi connectivity index (χ2v) is 3.57. The Kier molecular flexibility index (Phi) is 5.02. The molecule has 0 N–H and O–H groups in total. The molecule has 0 unspecified atom stereocenters. The Morgan fingerprint density at radius 2 is 2.12 bits per heavy atom. The molecule has 0 saturated carbocycles. The third-order valence-corrected chi connectivity index (χ3v) is 2.47. The summed E-state index contributed by atoms with van der Waals surface area (Å²) in [4.78, 5) is 10.8. The van der Waals surface area contributed by atoms with Gasteiger partial charge in [0.1, 0.15) is 17.6 Å². The number of ether oxygens (including phenoxy) is 2. The predicted molar refractivity (Wildman–Crippen MR) is 63.1 cm³/mol. The van der Waals surface area contributed by atoms with Gasteiger partial charge in [0.15, 0.2) is 0 Å². The van der Waals surface area contributed by atoms with E-state index in [9.17, 15) is 4.79 Å². The van der Waals surface area contributed by atoms with Gasteiger partial charge in [-0.25, -0.2) is 0 Å². The summed E-state index contributed by atoms with van der Waals surface area (Å²) >= 11 is 0. The van der Waals surface area contributed by atoms with E-state index in [0.717, 1.165) is 17.1 Å². The first kappa shape index (κ1) is 13.0. The zero-order chi connectivity index (χ0) is 12.7. The monoisotopic (exact) mass is 233 g/mol. The number of methoxy groups -OCH3 is 2. The fraction of sp³-hybridized carbons (Fsp3) is 0.385. The average molecular weight is 233 g/mol. The summed E-state index contributed by atoms with van der Waals surface area (Å²) in [6.07, 6.45) is 1.64. The molecule has 0 saturated heterocycles. The maximum atomic E-state index is 10.8. The van der Waals surface area contributed by atoms with Gasteiger partial charge in [0.2, 0.25) is 5.78 Å². The molecule has 0 aliphatic rings. The van der Waals surface area contributed by atoms with Gasteiger partial charge in [-0.2, -0.15) is 5.26 Å².